The van der Waals surface area contributed by atoms with Gasteiger partial charge in [0.1, 0.15) is 10.8 Å². The normalized spacial score (nSPS) is 10.3. The van der Waals surface area contributed by atoms with Crippen molar-refractivity contribution < 1.29 is 9.53 Å². The van der Waals surface area contributed by atoms with Crippen LogP contribution in [-0.2, 0) is 0 Å². The van der Waals surface area contributed by atoms with Gasteiger partial charge in [-0.25, -0.2) is 4.98 Å². The van der Waals surface area contributed by atoms with Crippen molar-refractivity contribution in [2.24, 2.45) is 0 Å². The molecule has 20 heavy (non-hydrogen) atoms. The van der Waals surface area contributed by atoms with Gasteiger partial charge in [-0.3, -0.25) is 4.79 Å². The molecular weight excluding hydrogens is 338 g/mol. The Morgan fingerprint density at radius 2 is 2.10 bits per heavy atom. The molecule has 1 aromatic carbocycles. The van der Waals surface area contributed by atoms with E-state index in [1.807, 2.05) is 37.3 Å². The van der Waals surface area contributed by atoms with Crippen LogP contribution in [0.4, 0.5) is 0 Å². The highest BCUT2D eigenvalue weighted by atomic mass is 79.9. The second-order valence-electron chi connectivity index (χ2n) is 3.93. The van der Waals surface area contributed by atoms with Crippen LogP contribution in [0.3, 0.4) is 0 Å². The Labute approximate surface area is 130 Å². The first kappa shape index (κ1) is 15.1. The van der Waals surface area contributed by atoms with Crippen LogP contribution in [-0.4, -0.2) is 23.1 Å². The zero-order valence-corrected chi connectivity index (χ0v) is 13.4. The number of thioether (sulfide) groups is 1. The summed E-state index contributed by atoms with van der Waals surface area (Å²) in [6.07, 6.45) is 1.71. The number of hydrogen-bond acceptors (Lipinski definition) is 4. The molecule has 0 saturated heterocycles. The minimum atomic E-state index is 0.0385. The van der Waals surface area contributed by atoms with Gasteiger partial charge >= 0.3 is 0 Å². The molecule has 0 fully saturated rings. The summed E-state index contributed by atoms with van der Waals surface area (Å²) < 4.78 is 6.38. The summed E-state index contributed by atoms with van der Waals surface area (Å²) in [4.78, 5) is 16.5. The van der Waals surface area contributed by atoms with Crippen LogP contribution >= 0.6 is 27.7 Å². The van der Waals surface area contributed by atoms with Crippen molar-refractivity contribution in [1.29, 1.82) is 0 Å². The second kappa shape index (κ2) is 7.45. The van der Waals surface area contributed by atoms with Crippen LogP contribution in [0.25, 0.3) is 0 Å². The summed E-state index contributed by atoms with van der Waals surface area (Å²) in [7, 11) is 0. The number of pyridine rings is 1. The number of carbonyl (C=O) groups excluding carboxylic acids is 1. The molecule has 0 unspecified atom stereocenters. The number of Topliss-reactive ketones (excluding diaryl/α,β-unsaturated/α-hetero) is 1. The van der Waals surface area contributed by atoms with Gasteiger partial charge in [-0.05, 0) is 47.1 Å². The van der Waals surface area contributed by atoms with Gasteiger partial charge in [0.25, 0.3) is 0 Å². The summed E-state index contributed by atoms with van der Waals surface area (Å²) in [6, 6.07) is 11.1. The van der Waals surface area contributed by atoms with Crippen molar-refractivity contribution in [1.82, 2.24) is 4.98 Å². The van der Waals surface area contributed by atoms with Gasteiger partial charge in [0.05, 0.1) is 17.9 Å². The Kier molecular flexibility index (Phi) is 5.61. The second-order valence-corrected chi connectivity index (χ2v) is 5.75. The fourth-order valence-electron chi connectivity index (χ4n) is 1.67. The zero-order chi connectivity index (χ0) is 14.4. The number of para-hydroxylation sites is 1. The van der Waals surface area contributed by atoms with Crippen molar-refractivity contribution in [3.05, 3.63) is 52.6 Å². The van der Waals surface area contributed by atoms with E-state index in [9.17, 15) is 4.79 Å². The van der Waals surface area contributed by atoms with Crippen LogP contribution in [0.15, 0.2) is 52.1 Å². The highest BCUT2D eigenvalue weighted by Gasteiger charge is 2.13. The van der Waals surface area contributed by atoms with Crippen molar-refractivity contribution in [2.45, 2.75) is 11.9 Å². The van der Waals surface area contributed by atoms with Crippen LogP contribution in [0.1, 0.15) is 17.3 Å². The van der Waals surface area contributed by atoms with E-state index in [2.05, 4.69) is 20.9 Å². The molecule has 0 atom stereocenters. The minimum Gasteiger partial charge on any atom is -0.493 e. The van der Waals surface area contributed by atoms with E-state index < -0.39 is 0 Å². The van der Waals surface area contributed by atoms with E-state index in [1.165, 1.54) is 11.8 Å². The van der Waals surface area contributed by atoms with Gasteiger partial charge in [-0.15, -0.1) is 0 Å². The van der Waals surface area contributed by atoms with Gasteiger partial charge in [0, 0.05) is 10.7 Å². The van der Waals surface area contributed by atoms with E-state index in [4.69, 9.17) is 4.74 Å². The number of ketones is 1. The molecule has 1 aromatic heterocycles. The topological polar surface area (TPSA) is 39.2 Å². The molecule has 0 aliphatic rings. The first-order valence-corrected chi connectivity index (χ1v) is 7.98. The Hall–Kier alpha value is -1.33. The average Bonchev–Trinajstić information content (AvgIpc) is 2.47. The molecule has 0 saturated carbocycles. The standard InChI is InChI=1S/C15H14BrNO2S/c1-2-19-14-8-4-3-6-11(14)13(18)10-20-15-12(16)7-5-9-17-15/h3-9H,2,10H2,1H3. The summed E-state index contributed by atoms with van der Waals surface area (Å²) in [6.45, 7) is 2.45. The van der Waals surface area contributed by atoms with Crippen LogP contribution in [0.2, 0.25) is 0 Å². The molecule has 3 nitrogen and oxygen atoms in total. The molecule has 0 bridgehead atoms. The Balaban J connectivity index is 2.07. The lowest BCUT2D eigenvalue weighted by atomic mass is 10.1. The Morgan fingerprint density at radius 3 is 2.85 bits per heavy atom. The van der Waals surface area contributed by atoms with E-state index >= 15 is 0 Å². The number of rotatable bonds is 6. The van der Waals surface area contributed by atoms with Gasteiger partial charge in [0.15, 0.2) is 5.78 Å². The lowest BCUT2D eigenvalue weighted by Gasteiger charge is -2.09. The average molecular weight is 352 g/mol. The molecule has 0 aliphatic heterocycles. The molecule has 104 valence electrons. The molecule has 1 heterocycles. The predicted octanol–water partition coefficient (Wildman–Crippen LogP) is 4.22. The fourth-order valence-corrected chi connectivity index (χ4v) is 3.03. The summed E-state index contributed by atoms with van der Waals surface area (Å²) in [5.74, 6) is 1.01. The molecule has 5 heteroatoms. The summed E-state index contributed by atoms with van der Waals surface area (Å²) >= 11 is 4.84. The lowest BCUT2D eigenvalue weighted by Crippen LogP contribution is -2.06. The maximum Gasteiger partial charge on any atom is 0.176 e. The summed E-state index contributed by atoms with van der Waals surface area (Å²) in [5.41, 5.74) is 0.619. The highest BCUT2D eigenvalue weighted by molar-refractivity contribution is 9.10. The number of carbonyl (C=O) groups is 1. The van der Waals surface area contributed by atoms with E-state index in [0.717, 1.165) is 9.50 Å². The third kappa shape index (κ3) is 3.84. The predicted molar refractivity (Wildman–Crippen MR) is 84.6 cm³/mol. The molecule has 0 amide bonds. The van der Waals surface area contributed by atoms with Gasteiger partial charge < -0.3 is 4.74 Å². The molecule has 2 rings (SSSR count). The first-order chi connectivity index (χ1) is 9.72. The van der Waals surface area contributed by atoms with Crippen LogP contribution in [0, 0.1) is 0 Å². The smallest absolute Gasteiger partial charge is 0.176 e. The quantitative estimate of drug-likeness (QED) is 0.577. The van der Waals surface area contributed by atoms with Gasteiger partial charge in [-0.2, -0.15) is 0 Å². The van der Waals surface area contributed by atoms with Crippen molar-refractivity contribution in [3.8, 4) is 5.75 Å². The van der Waals surface area contributed by atoms with E-state index in [-0.39, 0.29) is 5.78 Å². The number of halogens is 1. The minimum absolute atomic E-state index is 0.0385. The van der Waals surface area contributed by atoms with Crippen molar-refractivity contribution in [2.75, 3.05) is 12.4 Å². The number of benzene rings is 1. The summed E-state index contributed by atoms with van der Waals surface area (Å²) in [5, 5.41) is 0.815. The lowest BCUT2D eigenvalue weighted by molar-refractivity contribution is 0.101. The molecular formula is C15H14BrNO2S. The number of aromatic nitrogens is 1. The van der Waals surface area contributed by atoms with Crippen LogP contribution in [0.5, 0.6) is 5.75 Å². The zero-order valence-electron chi connectivity index (χ0n) is 11.0. The monoisotopic (exact) mass is 351 g/mol. The largest absolute Gasteiger partial charge is 0.493 e. The maximum atomic E-state index is 12.3. The third-order valence-electron chi connectivity index (χ3n) is 2.55. The third-order valence-corrected chi connectivity index (χ3v) is 4.46. The molecule has 0 radical (unpaired) electrons. The number of ether oxygens (including phenoxy) is 1. The Bertz CT molecular complexity index is 604. The fraction of sp³-hybridized carbons (Fsp3) is 0.200. The maximum absolute atomic E-state index is 12.3. The van der Waals surface area contributed by atoms with E-state index in [1.54, 1.807) is 12.3 Å². The number of hydrogen-bond donors (Lipinski definition) is 0. The van der Waals surface area contributed by atoms with Gasteiger partial charge in [-0.1, -0.05) is 23.9 Å². The van der Waals surface area contributed by atoms with Crippen molar-refractivity contribution >= 4 is 33.5 Å². The van der Waals surface area contributed by atoms with Crippen molar-refractivity contribution in [3.63, 3.8) is 0 Å². The highest BCUT2D eigenvalue weighted by Crippen LogP contribution is 2.27. The molecule has 0 spiro atoms. The SMILES string of the molecule is CCOc1ccccc1C(=O)CSc1ncccc1Br. The first-order valence-electron chi connectivity index (χ1n) is 6.20. The van der Waals surface area contributed by atoms with Crippen LogP contribution < -0.4 is 4.74 Å². The molecule has 0 N–H and O–H groups in total. The van der Waals surface area contributed by atoms with E-state index in [0.29, 0.717) is 23.7 Å². The van der Waals surface area contributed by atoms with Gasteiger partial charge in [0.2, 0.25) is 0 Å². The molecule has 2 aromatic rings. The molecule has 0 aliphatic carbocycles. The number of nitrogens with zero attached hydrogens (tertiary/aromatic N) is 1. The Morgan fingerprint density at radius 1 is 1.30 bits per heavy atom.